The van der Waals surface area contributed by atoms with Crippen molar-refractivity contribution < 1.29 is 9.53 Å². The van der Waals surface area contributed by atoms with E-state index in [0.29, 0.717) is 6.54 Å². The summed E-state index contributed by atoms with van der Waals surface area (Å²) in [6, 6.07) is 22.5. The van der Waals surface area contributed by atoms with E-state index in [1.54, 1.807) is 6.92 Å². The SMILES string of the molecule is CCCCCCCCCCCCOc1cccc(CN(C(C)=O)c2ccc(Cc3ncc4ccccn34)cc2)c1. The van der Waals surface area contributed by atoms with Crippen LogP contribution < -0.4 is 9.64 Å². The number of fused-ring (bicyclic) bond motifs is 1. The van der Waals surface area contributed by atoms with Crippen LogP contribution in [0.25, 0.3) is 5.52 Å². The van der Waals surface area contributed by atoms with E-state index in [-0.39, 0.29) is 5.91 Å². The Morgan fingerprint density at radius 2 is 1.55 bits per heavy atom. The minimum atomic E-state index is 0.0173. The number of pyridine rings is 1. The zero-order chi connectivity index (χ0) is 28.0. The van der Waals surface area contributed by atoms with E-state index >= 15 is 0 Å². The molecule has 5 heteroatoms. The highest BCUT2D eigenvalue weighted by Crippen LogP contribution is 2.22. The predicted octanol–water partition coefficient (Wildman–Crippen LogP) is 8.78. The fraction of sp³-hybridized carbons (Fsp3) is 0.429. The Morgan fingerprint density at radius 3 is 2.27 bits per heavy atom. The number of amides is 1. The van der Waals surface area contributed by atoms with Crippen molar-refractivity contribution in [2.75, 3.05) is 11.5 Å². The van der Waals surface area contributed by atoms with Crippen LogP contribution in [0.2, 0.25) is 0 Å². The van der Waals surface area contributed by atoms with E-state index in [1.807, 2.05) is 53.7 Å². The van der Waals surface area contributed by atoms with Crippen LogP contribution >= 0.6 is 0 Å². The zero-order valence-corrected chi connectivity index (χ0v) is 24.4. The van der Waals surface area contributed by atoms with Crippen molar-refractivity contribution >= 4 is 17.1 Å². The molecule has 0 atom stereocenters. The van der Waals surface area contributed by atoms with Crippen molar-refractivity contribution in [1.82, 2.24) is 9.38 Å². The molecular formula is C35H45N3O2. The van der Waals surface area contributed by atoms with Gasteiger partial charge in [0, 0.05) is 25.2 Å². The van der Waals surface area contributed by atoms with Gasteiger partial charge < -0.3 is 14.0 Å². The van der Waals surface area contributed by atoms with Crippen LogP contribution in [0.1, 0.15) is 95.0 Å². The normalized spacial score (nSPS) is 11.2. The van der Waals surface area contributed by atoms with Crippen molar-refractivity contribution in [3.63, 3.8) is 0 Å². The minimum absolute atomic E-state index is 0.0173. The average molecular weight is 540 g/mol. The molecule has 0 N–H and O–H groups in total. The molecule has 4 aromatic rings. The molecule has 2 aromatic heterocycles. The predicted molar refractivity (Wildman–Crippen MR) is 165 cm³/mol. The van der Waals surface area contributed by atoms with Crippen molar-refractivity contribution in [2.24, 2.45) is 0 Å². The summed E-state index contributed by atoms with van der Waals surface area (Å²) in [4.78, 5) is 19.0. The quantitative estimate of drug-likeness (QED) is 0.126. The molecule has 0 aliphatic heterocycles. The number of rotatable bonds is 17. The maximum absolute atomic E-state index is 12.6. The molecule has 0 bridgehead atoms. The molecule has 5 nitrogen and oxygen atoms in total. The van der Waals surface area contributed by atoms with Crippen molar-refractivity contribution in [1.29, 1.82) is 0 Å². The lowest BCUT2D eigenvalue weighted by atomic mass is 10.1. The second kappa shape index (κ2) is 15.9. The maximum atomic E-state index is 12.6. The molecule has 0 saturated carbocycles. The average Bonchev–Trinajstić information content (AvgIpc) is 3.38. The first-order valence-corrected chi connectivity index (χ1v) is 15.1. The number of hydrogen-bond acceptors (Lipinski definition) is 3. The zero-order valence-electron chi connectivity index (χ0n) is 24.4. The Hall–Kier alpha value is -3.60. The molecular weight excluding hydrogens is 494 g/mol. The Kier molecular flexibility index (Phi) is 11.6. The molecule has 0 radical (unpaired) electrons. The second-order valence-corrected chi connectivity index (χ2v) is 10.8. The summed E-state index contributed by atoms with van der Waals surface area (Å²) >= 11 is 0. The van der Waals surface area contributed by atoms with E-state index in [4.69, 9.17) is 4.74 Å². The van der Waals surface area contributed by atoms with E-state index in [2.05, 4.69) is 46.6 Å². The van der Waals surface area contributed by atoms with Gasteiger partial charge in [0.15, 0.2) is 0 Å². The number of carbonyl (C=O) groups excluding carboxylic acids is 1. The number of benzene rings is 2. The smallest absolute Gasteiger partial charge is 0.224 e. The number of nitrogens with zero attached hydrogens (tertiary/aromatic N) is 3. The summed E-state index contributed by atoms with van der Waals surface area (Å²) in [5.74, 6) is 1.89. The van der Waals surface area contributed by atoms with Gasteiger partial charge in [0.2, 0.25) is 5.91 Å². The molecule has 2 heterocycles. The van der Waals surface area contributed by atoms with E-state index < -0.39 is 0 Å². The monoisotopic (exact) mass is 539 g/mol. The molecule has 0 unspecified atom stereocenters. The van der Waals surface area contributed by atoms with Gasteiger partial charge >= 0.3 is 0 Å². The number of carbonyl (C=O) groups is 1. The van der Waals surface area contributed by atoms with E-state index in [1.165, 1.54) is 57.8 Å². The highest BCUT2D eigenvalue weighted by molar-refractivity contribution is 5.91. The van der Waals surface area contributed by atoms with Gasteiger partial charge in [0.05, 0.1) is 24.9 Å². The number of hydrogen-bond donors (Lipinski definition) is 0. The second-order valence-electron chi connectivity index (χ2n) is 10.8. The highest BCUT2D eigenvalue weighted by atomic mass is 16.5. The molecule has 0 aliphatic rings. The lowest BCUT2D eigenvalue weighted by Gasteiger charge is -2.22. The van der Waals surface area contributed by atoms with Gasteiger partial charge in [0.25, 0.3) is 0 Å². The van der Waals surface area contributed by atoms with Crippen molar-refractivity contribution in [3.8, 4) is 5.75 Å². The third-order valence-electron chi connectivity index (χ3n) is 7.51. The standard InChI is InChI=1S/C35H45N3O2/c1-3-4-5-6-7-8-9-10-11-14-24-40-34-18-15-16-31(25-34)28-38(29(2)39)32-21-19-30(20-22-32)26-35-36-27-33-17-12-13-23-37(33)35/h12-13,15-23,25,27H,3-11,14,24,26,28H2,1-2H3. The Bertz CT molecular complexity index is 1310. The summed E-state index contributed by atoms with van der Waals surface area (Å²) in [5.41, 5.74) is 4.20. The molecule has 1 amide bonds. The largest absolute Gasteiger partial charge is 0.494 e. The molecule has 4 rings (SSSR count). The number of unbranched alkanes of at least 4 members (excludes halogenated alkanes) is 9. The maximum Gasteiger partial charge on any atom is 0.224 e. The molecule has 0 saturated heterocycles. The third-order valence-corrected chi connectivity index (χ3v) is 7.51. The molecule has 0 spiro atoms. The molecule has 0 fully saturated rings. The number of imidazole rings is 1. The van der Waals surface area contributed by atoms with Crippen LogP contribution in [0.3, 0.4) is 0 Å². The highest BCUT2D eigenvalue weighted by Gasteiger charge is 2.13. The number of aromatic nitrogens is 2. The van der Waals surface area contributed by atoms with Gasteiger partial charge in [0.1, 0.15) is 11.6 Å². The van der Waals surface area contributed by atoms with E-state index in [9.17, 15) is 4.79 Å². The first kappa shape index (κ1) is 29.4. The summed E-state index contributed by atoms with van der Waals surface area (Å²) in [6.07, 6.45) is 17.8. The Balaban J connectivity index is 1.24. The molecule has 40 heavy (non-hydrogen) atoms. The van der Waals surface area contributed by atoms with Gasteiger partial charge in [-0.15, -0.1) is 0 Å². The lowest BCUT2D eigenvalue weighted by molar-refractivity contribution is -0.116. The van der Waals surface area contributed by atoms with Crippen molar-refractivity contribution in [3.05, 3.63) is 96.1 Å². The summed E-state index contributed by atoms with van der Waals surface area (Å²) < 4.78 is 8.16. The summed E-state index contributed by atoms with van der Waals surface area (Å²) in [7, 11) is 0. The van der Waals surface area contributed by atoms with Crippen LogP contribution in [0.4, 0.5) is 5.69 Å². The van der Waals surface area contributed by atoms with Crippen LogP contribution in [0.5, 0.6) is 5.75 Å². The first-order valence-electron chi connectivity index (χ1n) is 15.1. The lowest BCUT2D eigenvalue weighted by Crippen LogP contribution is -2.27. The van der Waals surface area contributed by atoms with Crippen molar-refractivity contribution in [2.45, 2.75) is 91.0 Å². The van der Waals surface area contributed by atoms with Gasteiger partial charge in [-0.25, -0.2) is 4.98 Å². The fourth-order valence-corrected chi connectivity index (χ4v) is 5.19. The van der Waals surface area contributed by atoms with Crippen LogP contribution in [0, 0.1) is 0 Å². The van der Waals surface area contributed by atoms with E-state index in [0.717, 1.165) is 53.4 Å². The molecule has 212 valence electrons. The number of anilines is 1. The topological polar surface area (TPSA) is 46.8 Å². The van der Waals surface area contributed by atoms with Crippen LogP contribution in [-0.2, 0) is 17.8 Å². The van der Waals surface area contributed by atoms with Crippen LogP contribution in [-0.4, -0.2) is 21.9 Å². The minimum Gasteiger partial charge on any atom is -0.494 e. The van der Waals surface area contributed by atoms with Gasteiger partial charge in [-0.3, -0.25) is 4.79 Å². The third kappa shape index (κ3) is 8.97. The molecule has 0 aliphatic carbocycles. The first-order chi connectivity index (χ1) is 19.6. The Labute approximate surface area is 240 Å². The van der Waals surface area contributed by atoms with Crippen LogP contribution in [0.15, 0.2) is 79.1 Å². The van der Waals surface area contributed by atoms with Gasteiger partial charge in [-0.2, -0.15) is 0 Å². The Morgan fingerprint density at radius 1 is 0.825 bits per heavy atom. The molecule has 2 aromatic carbocycles. The summed E-state index contributed by atoms with van der Waals surface area (Å²) in [6.45, 7) is 5.14. The van der Waals surface area contributed by atoms with Gasteiger partial charge in [-0.05, 0) is 53.9 Å². The number of ether oxygens (including phenoxy) is 1. The summed E-state index contributed by atoms with van der Waals surface area (Å²) in [5, 5.41) is 0. The van der Waals surface area contributed by atoms with Gasteiger partial charge in [-0.1, -0.05) is 95.0 Å². The fourth-order valence-electron chi connectivity index (χ4n) is 5.19.